The van der Waals surface area contributed by atoms with E-state index in [4.69, 9.17) is 52.1 Å². The summed E-state index contributed by atoms with van der Waals surface area (Å²) in [6.45, 7) is 2.30. The van der Waals surface area contributed by atoms with Gasteiger partial charge in [0.25, 0.3) is 0 Å². The summed E-state index contributed by atoms with van der Waals surface area (Å²) in [5.74, 6) is 0. The van der Waals surface area contributed by atoms with Gasteiger partial charge in [-0.05, 0) is 38.9 Å². The summed E-state index contributed by atoms with van der Waals surface area (Å²) in [6, 6.07) is 70.4. The van der Waals surface area contributed by atoms with Crippen molar-refractivity contribution in [1.82, 2.24) is 0 Å². The standard InChI is InChI=1S/C62H66O11/c1-63-61-60(70-43-52-35-21-8-22-36-52)58(56(67-40-49-29-15-5-16-30-49)54(71-61)45-65-38-47-25-11-3-12-26-47)73-62-59(69-42-51-33-19-7-20-34-51)57(68-41-50-31-17-6-18-32-50)55(66-39-48-27-13-4-14-28-48)53(72-62)44-64-37-46-23-9-2-10-24-46/h2-36,53-62H,37-45H2,1H3/t53-,54-,55-,56-,57+,58+,59-,60+,61+,62+/m1/s1. The fourth-order valence-electron chi connectivity index (χ4n) is 9.15. The minimum atomic E-state index is -1.09. The molecule has 2 fully saturated rings. The normalized spacial score (nSPS) is 24.0. The van der Waals surface area contributed by atoms with Gasteiger partial charge in [-0.1, -0.05) is 212 Å². The average Bonchev–Trinajstić information content (AvgIpc) is 3.45. The number of methoxy groups -OCH3 is 1. The fourth-order valence-corrected chi connectivity index (χ4v) is 9.15. The Kier molecular flexibility index (Phi) is 19.9. The molecule has 380 valence electrons. The molecule has 10 atom stereocenters. The summed E-state index contributed by atoms with van der Waals surface area (Å²) >= 11 is 0. The van der Waals surface area contributed by atoms with E-state index in [2.05, 4.69) is 0 Å². The molecular formula is C62H66O11. The molecule has 9 rings (SSSR count). The maximum absolute atomic E-state index is 7.55. The van der Waals surface area contributed by atoms with Crippen LogP contribution >= 0.6 is 0 Å². The largest absolute Gasteiger partial charge is 0.374 e. The van der Waals surface area contributed by atoms with Crippen LogP contribution in [-0.2, 0) is 98.4 Å². The van der Waals surface area contributed by atoms with Crippen LogP contribution in [0.3, 0.4) is 0 Å². The number of hydrogen-bond acceptors (Lipinski definition) is 11. The molecule has 2 aliphatic heterocycles. The van der Waals surface area contributed by atoms with E-state index in [1.807, 2.05) is 212 Å². The molecule has 73 heavy (non-hydrogen) atoms. The summed E-state index contributed by atoms with van der Waals surface area (Å²) in [5.41, 5.74) is 6.95. The van der Waals surface area contributed by atoms with Crippen LogP contribution in [0.25, 0.3) is 0 Å². The highest BCUT2D eigenvalue weighted by molar-refractivity contribution is 5.19. The predicted octanol–water partition coefficient (Wildman–Crippen LogP) is 10.8. The highest BCUT2D eigenvalue weighted by atomic mass is 16.8. The zero-order valence-electron chi connectivity index (χ0n) is 41.3. The molecule has 7 aromatic rings. The van der Waals surface area contributed by atoms with E-state index < -0.39 is 61.4 Å². The first-order valence-corrected chi connectivity index (χ1v) is 25.2. The lowest BCUT2D eigenvalue weighted by atomic mass is 9.95. The van der Waals surface area contributed by atoms with Crippen molar-refractivity contribution in [2.24, 2.45) is 0 Å². The second-order valence-electron chi connectivity index (χ2n) is 18.2. The van der Waals surface area contributed by atoms with Crippen LogP contribution in [0, 0.1) is 0 Å². The molecule has 2 heterocycles. The van der Waals surface area contributed by atoms with Crippen LogP contribution in [0.4, 0.5) is 0 Å². The maximum Gasteiger partial charge on any atom is 0.187 e. The maximum atomic E-state index is 7.55. The van der Waals surface area contributed by atoms with Crippen molar-refractivity contribution in [3.8, 4) is 0 Å². The highest BCUT2D eigenvalue weighted by Gasteiger charge is 2.54. The predicted molar refractivity (Wildman–Crippen MR) is 276 cm³/mol. The molecule has 11 nitrogen and oxygen atoms in total. The molecule has 0 saturated carbocycles. The Bertz CT molecular complexity index is 2560. The van der Waals surface area contributed by atoms with Gasteiger partial charge in [0, 0.05) is 7.11 Å². The van der Waals surface area contributed by atoms with Crippen molar-refractivity contribution >= 4 is 0 Å². The Balaban J connectivity index is 1.11. The van der Waals surface area contributed by atoms with E-state index in [0.717, 1.165) is 38.9 Å². The fraction of sp³-hybridized carbons (Fsp3) is 0.323. The Labute approximate surface area is 429 Å². The molecule has 2 saturated heterocycles. The van der Waals surface area contributed by atoms with Gasteiger partial charge >= 0.3 is 0 Å². The molecule has 7 aromatic carbocycles. The van der Waals surface area contributed by atoms with E-state index in [1.54, 1.807) is 7.11 Å². The van der Waals surface area contributed by atoms with Crippen molar-refractivity contribution < 1.29 is 52.1 Å². The van der Waals surface area contributed by atoms with Gasteiger partial charge in [0.2, 0.25) is 0 Å². The smallest absolute Gasteiger partial charge is 0.187 e. The van der Waals surface area contributed by atoms with Crippen LogP contribution < -0.4 is 0 Å². The van der Waals surface area contributed by atoms with Crippen LogP contribution in [0.2, 0.25) is 0 Å². The van der Waals surface area contributed by atoms with Gasteiger partial charge in [0.1, 0.15) is 48.8 Å². The molecule has 0 aromatic heterocycles. The van der Waals surface area contributed by atoms with Crippen molar-refractivity contribution in [2.75, 3.05) is 20.3 Å². The summed E-state index contributed by atoms with van der Waals surface area (Å²) < 4.78 is 75.9. The van der Waals surface area contributed by atoms with Crippen molar-refractivity contribution in [2.45, 2.75) is 108 Å². The number of benzene rings is 7. The Morgan fingerprint density at radius 1 is 0.288 bits per heavy atom. The molecular weight excluding hydrogens is 921 g/mol. The van der Waals surface area contributed by atoms with Gasteiger partial charge < -0.3 is 52.1 Å². The Morgan fingerprint density at radius 2 is 0.548 bits per heavy atom. The molecule has 0 spiro atoms. The van der Waals surface area contributed by atoms with E-state index in [-0.39, 0.29) is 46.2 Å². The monoisotopic (exact) mass is 986 g/mol. The van der Waals surface area contributed by atoms with Crippen molar-refractivity contribution in [1.29, 1.82) is 0 Å². The third-order valence-corrected chi connectivity index (χ3v) is 12.9. The van der Waals surface area contributed by atoms with Gasteiger partial charge in [-0.3, -0.25) is 0 Å². The minimum absolute atomic E-state index is 0.150. The van der Waals surface area contributed by atoms with E-state index in [1.165, 1.54) is 0 Å². The van der Waals surface area contributed by atoms with Crippen LogP contribution in [0.5, 0.6) is 0 Å². The lowest BCUT2D eigenvalue weighted by Crippen LogP contribution is -2.66. The van der Waals surface area contributed by atoms with Crippen molar-refractivity contribution in [3.05, 3.63) is 251 Å². The van der Waals surface area contributed by atoms with E-state index in [0.29, 0.717) is 13.2 Å². The number of hydrogen-bond donors (Lipinski definition) is 0. The second kappa shape index (κ2) is 28.0. The van der Waals surface area contributed by atoms with Gasteiger partial charge in [-0.25, -0.2) is 0 Å². The van der Waals surface area contributed by atoms with Gasteiger partial charge in [-0.15, -0.1) is 0 Å². The van der Waals surface area contributed by atoms with Gasteiger partial charge in [0.15, 0.2) is 12.6 Å². The average molecular weight is 987 g/mol. The zero-order valence-corrected chi connectivity index (χ0v) is 41.3. The van der Waals surface area contributed by atoms with Gasteiger partial charge in [-0.2, -0.15) is 0 Å². The van der Waals surface area contributed by atoms with E-state index in [9.17, 15) is 0 Å². The number of ether oxygens (including phenoxy) is 11. The van der Waals surface area contributed by atoms with Crippen LogP contribution in [0.15, 0.2) is 212 Å². The van der Waals surface area contributed by atoms with Crippen molar-refractivity contribution in [3.63, 3.8) is 0 Å². The quantitative estimate of drug-likeness (QED) is 0.0518. The summed E-state index contributed by atoms with van der Waals surface area (Å²) in [7, 11) is 1.61. The molecule has 2 aliphatic rings. The molecule has 11 heteroatoms. The third-order valence-electron chi connectivity index (χ3n) is 12.9. The third kappa shape index (κ3) is 15.3. The molecule has 0 aliphatic carbocycles. The Hall–Kier alpha value is -5.90. The Morgan fingerprint density at radius 3 is 0.877 bits per heavy atom. The lowest BCUT2D eigenvalue weighted by molar-refractivity contribution is -0.377. The molecule has 0 N–H and O–H groups in total. The first-order valence-electron chi connectivity index (χ1n) is 25.2. The molecule has 0 amide bonds. The topological polar surface area (TPSA) is 102 Å². The van der Waals surface area contributed by atoms with E-state index >= 15 is 0 Å². The summed E-state index contributed by atoms with van der Waals surface area (Å²) in [6.07, 6.45) is -8.16. The van der Waals surface area contributed by atoms with Crippen LogP contribution in [-0.4, -0.2) is 81.7 Å². The first kappa shape index (κ1) is 52.0. The second-order valence-corrected chi connectivity index (χ2v) is 18.2. The number of rotatable bonds is 26. The first-order chi connectivity index (χ1) is 36.2. The summed E-state index contributed by atoms with van der Waals surface area (Å²) in [5, 5.41) is 0. The lowest BCUT2D eigenvalue weighted by Gasteiger charge is -2.50. The highest BCUT2D eigenvalue weighted by Crippen LogP contribution is 2.37. The SMILES string of the molecule is CO[C@H]1O[C@H](COCc2ccccc2)[C@@H](OCc2ccccc2)[C@H](O[C@@H]2O[C@H](COCc3ccccc3)[C@@H](OCc3ccccc3)[C@H](OCc3ccccc3)[C@H]2OCc2ccccc2)[C@@H]1OCc1ccccc1. The minimum Gasteiger partial charge on any atom is -0.374 e. The van der Waals surface area contributed by atoms with Gasteiger partial charge in [0.05, 0.1) is 59.5 Å². The molecule has 0 radical (unpaired) electrons. The molecule has 0 unspecified atom stereocenters. The summed E-state index contributed by atoms with van der Waals surface area (Å²) in [4.78, 5) is 0. The molecule has 0 bridgehead atoms. The zero-order chi connectivity index (χ0) is 49.7. The van der Waals surface area contributed by atoms with Crippen LogP contribution in [0.1, 0.15) is 38.9 Å².